The van der Waals surface area contributed by atoms with Crippen LogP contribution in [-0.4, -0.2) is 27.7 Å². The lowest BCUT2D eigenvalue weighted by atomic mass is 10.0. The van der Waals surface area contributed by atoms with E-state index in [0.29, 0.717) is 18.0 Å². The number of hydrogen-bond donors (Lipinski definition) is 1. The van der Waals surface area contributed by atoms with Gasteiger partial charge in [0.15, 0.2) is 0 Å². The van der Waals surface area contributed by atoms with Gasteiger partial charge in [-0.3, -0.25) is 0 Å². The van der Waals surface area contributed by atoms with Crippen molar-refractivity contribution in [3.8, 4) is 6.07 Å². The quantitative estimate of drug-likeness (QED) is 0.898. The Morgan fingerprint density at radius 3 is 3.00 bits per heavy atom. The maximum absolute atomic E-state index is 12.1. The van der Waals surface area contributed by atoms with E-state index in [0.717, 1.165) is 24.2 Å². The van der Waals surface area contributed by atoms with Gasteiger partial charge in [-0.1, -0.05) is 6.92 Å². The zero-order valence-corrected chi connectivity index (χ0v) is 12.3. The van der Waals surface area contributed by atoms with Crippen LogP contribution in [0, 0.1) is 17.2 Å². The number of hydrogen-bond acceptors (Lipinski definition) is 5. The molecule has 0 spiro atoms. The first-order chi connectivity index (χ1) is 9.06. The topological polar surface area (TPSA) is 79.2 Å². The molecule has 0 bridgehead atoms. The van der Waals surface area contributed by atoms with Crippen molar-refractivity contribution in [3.05, 3.63) is 17.0 Å². The maximum atomic E-state index is 12.1. The summed E-state index contributed by atoms with van der Waals surface area (Å²) < 4.78 is 32.5. The average molecular weight is 300 g/mol. The first-order valence-electron chi connectivity index (χ1n) is 6.18. The summed E-state index contributed by atoms with van der Waals surface area (Å²) in [5.74, 6) is 0.232. The van der Waals surface area contributed by atoms with E-state index in [1.165, 1.54) is 12.1 Å². The third-order valence-electron chi connectivity index (χ3n) is 3.24. The summed E-state index contributed by atoms with van der Waals surface area (Å²) >= 11 is 0.986. The molecule has 0 aliphatic carbocycles. The van der Waals surface area contributed by atoms with E-state index in [1.807, 2.05) is 13.0 Å². The van der Waals surface area contributed by atoms with Crippen molar-refractivity contribution in [2.75, 3.05) is 13.2 Å². The molecule has 1 aromatic heterocycles. The molecule has 1 fully saturated rings. The standard InChI is InChI=1S/C12H16N2O3S2/c1-2-11-9(5-6-17-11)8-14-19(15,16)12-4-3-10(7-13)18-12/h3-4,9,11,14H,2,5-6,8H2,1H3. The van der Waals surface area contributed by atoms with Crippen LogP contribution in [0.4, 0.5) is 0 Å². The van der Waals surface area contributed by atoms with Gasteiger partial charge in [0.2, 0.25) is 10.0 Å². The summed E-state index contributed by atoms with van der Waals surface area (Å²) in [6, 6.07) is 4.93. The molecule has 19 heavy (non-hydrogen) atoms. The minimum Gasteiger partial charge on any atom is -0.378 e. The highest BCUT2D eigenvalue weighted by atomic mass is 32.2. The fourth-order valence-corrected chi connectivity index (χ4v) is 4.43. The molecule has 1 N–H and O–H groups in total. The molecule has 1 aliphatic heterocycles. The van der Waals surface area contributed by atoms with Crippen LogP contribution in [0.3, 0.4) is 0 Å². The zero-order chi connectivity index (χ0) is 13.9. The van der Waals surface area contributed by atoms with E-state index in [1.54, 1.807) is 0 Å². The first kappa shape index (κ1) is 14.5. The molecule has 0 amide bonds. The van der Waals surface area contributed by atoms with Crippen LogP contribution in [0.15, 0.2) is 16.3 Å². The molecule has 2 unspecified atom stereocenters. The lowest BCUT2D eigenvalue weighted by Gasteiger charge is -2.16. The largest absolute Gasteiger partial charge is 0.378 e. The molecule has 7 heteroatoms. The second-order valence-electron chi connectivity index (χ2n) is 4.45. The number of nitrogens with one attached hydrogen (secondary N) is 1. The third-order valence-corrected chi connectivity index (χ3v) is 6.15. The zero-order valence-electron chi connectivity index (χ0n) is 10.6. The van der Waals surface area contributed by atoms with Gasteiger partial charge < -0.3 is 4.74 Å². The van der Waals surface area contributed by atoms with Gasteiger partial charge in [0.25, 0.3) is 0 Å². The monoisotopic (exact) mass is 300 g/mol. The number of sulfonamides is 1. The van der Waals surface area contributed by atoms with Crippen LogP contribution >= 0.6 is 11.3 Å². The Kier molecular flexibility index (Phi) is 4.58. The molecule has 5 nitrogen and oxygen atoms in total. The Morgan fingerprint density at radius 2 is 2.37 bits per heavy atom. The van der Waals surface area contributed by atoms with E-state index in [-0.39, 0.29) is 16.2 Å². The first-order valence-corrected chi connectivity index (χ1v) is 8.48. The Balaban J connectivity index is 2.00. The van der Waals surface area contributed by atoms with Gasteiger partial charge in [0.05, 0.1) is 6.10 Å². The number of nitriles is 1. The molecule has 2 atom stereocenters. The van der Waals surface area contributed by atoms with Gasteiger partial charge in [-0.2, -0.15) is 5.26 Å². The highest BCUT2D eigenvalue weighted by Crippen LogP contribution is 2.24. The molecule has 1 saturated heterocycles. The fourth-order valence-electron chi connectivity index (χ4n) is 2.19. The van der Waals surface area contributed by atoms with E-state index in [4.69, 9.17) is 10.00 Å². The number of ether oxygens (including phenoxy) is 1. The van der Waals surface area contributed by atoms with Crippen LogP contribution in [0.25, 0.3) is 0 Å². The molecule has 1 aromatic rings. The molecule has 2 heterocycles. The number of rotatable bonds is 5. The van der Waals surface area contributed by atoms with Crippen molar-refractivity contribution in [3.63, 3.8) is 0 Å². The highest BCUT2D eigenvalue weighted by Gasteiger charge is 2.28. The number of nitrogens with zero attached hydrogens (tertiary/aromatic N) is 1. The molecule has 2 rings (SSSR count). The van der Waals surface area contributed by atoms with Crippen LogP contribution in [0.1, 0.15) is 24.6 Å². The van der Waals surface area contributed by atoms with Gasteiger partial charge >= 0.3 is 0 Å². The second-order valence-corrected chi connectivity index (χ2v) is 7.53. The molecule has 0 aromatic carbocycles. The number of thiophene rings is 1. The Hall–Kier alpha value is -0.940. The normalized spacial score (nSPS) is 23.4. The lowest BCUT2D eigenvalue weighted by molar-refractivity contribution is 0.0884. The van der Waals surface area contributed by atoms with Crippen molar-refractivity contribution in [2.45, 2.75) is 30.1 Å². The van der Waals surface area contributed by atoms with Crippen molar-refractivity contribution in [1.29, 1.82) is 5.26 Å². The Bertz CT molecular complexity index is 574. The van der Waals surface area contributed by atoms with Gasteiger partial charge in [0, 0.05) is 19.1 Å². The summed E-state index contributed by atoms with van der Waals surface area (Å²) in [5, 5.41) is 8.71. The average Bonchev–Trinajstić information content (AvgIpc) is 3.05. The summed E-state index contributed by atoms with van der Waals surface area (Å²) in [5.41, 5.74) is 0. The van der Waals surface area contributed by atoms with Gasteiger partial charge in [-0.25, -0.2) is 13.1 Å². The van der Waals surface area contributed by atoms with Gasteiger partial charge in [0.1, 0.15) is 15.2 Å². The summed E-state index contributed by atoms with van der Waals surface area (Å²) in [4.78, 5) is 0.399. The van der Waals surface area contributed by atoms with Crippen LogP contribution in [0.2, 0.25) is 0 Å². The van der Waals surface area contributed by atoms with Crippen molar-refractivity contribution in [1.82, 2.24) is 4.72 Å². The van der Waals surface area contributed by atoms with Crippen LogP contribution in [-0.2, 0) is 14.8 Å². The second kappa shape index (κ2) is 6.01. The molecule has 104 valence electrons. The smallest absolute Gasteiger partial charge is 0.250 e. The summed E-state index contributed by atoms with van der Waals surface area (Å²) in [6.07, 6.45) is 1.92. The minimum atomic E-state index is -3.51. The van der Waals surface area contributed by atoms with E-state index in [2.05, 4.69) is 4.72 Å². The SMILES string of the molecule is CCC1OCCC1CNS(=O)(=O)c1ccc(C#N)s1. The van der Waals surface area contributed by atoms with Gasteiger partial charge in [-0.15, -0.1) is 11.3 Å². The minimum absolute atomic E-state index is 0.140. The van der Waals surface area contributed by atoms with Crippen molar-refractivity contribution >= 4 is 21.4 Å². The summed E-state index contributed by atoms with van der Waals surface area (Å²) in [6.45, 7) is 3.12. The molecule has 0 radical (unpaired) electrons. The fraction of sp³-hybridized carbons (Fsp3) is 0.583. The lowest BCUT2D eigenvalue weighted by Crippen LogP contribution is -2.32. The Morgan fingerprint density at radius 1 is 1.58 bits per heavy atom. The molecule has 1 aliphatic rings. The van der Waals surface area contributed by atoms with Crippen molar-refractivity contribution in [2.24, 2.45) is 5.92 Å². The Labute approximate surface area is 117 Å². The van der Waals surface area contributed by atoms with Crippen LogP contribution in [0.5, 0.6) is 0 Å². The summed E-state index contributed by atoms with van der Waals surface area (Å²) in [7, 11) is -3.51. The molecular weight excluding hydrogens is 284 g/mol. The van der Waals surface area contributed by atoms with E-state index < -0.39 is 10.0 Å². The van der Waals surface area contributed by atoms with Gasteiger partial charge in [-0.05, 0) is 25.0 Å². The predicted molar refractivity (Wildman–Crippen MR) is 72.4 cm³/mol. The van der Waals surface area contributed by atoms with E-state index in [9.17, 15) is 8.42 Å². The van der Waals surface area contributed by atoms with Crippen molar-refractivity contribution < 1.29 is 13.2 Å². The maximum Gasteiger partial charge on any atom is 0.250 e. The third kappa shape index (κ3) is 3.34. The highest BCUT2D eigenvalue weighted by molar-refractivity contribution is 7.91. The predicted octanol–water partition coefficient (Wildman–Crippen LogP) is 1.71. The van der Waals surface area contributed by atoms with E-state index >= 15 is 0 Å². The van der Waals surface area contributed by atoms with Crippen LogP contribution < -0.4 is 4.72 Å². The molecular formula is C12H16N2O3S2. The molecule has 0 saturated carbocycles.